The third kappa shape index (κ3) is 2.73. The number of fused-ring (bicyclic) bond motifs is 1. The summed E-state index contributed by atoms with van der Waals surface area (Å²) < 4.78 is 19.7. The third-order valence-corrected chi connectivity index (χ3v) is 3.97. The van der Waals surface area contributed by atoms with Crippen LogP contribution < -0.4 is 15.4 Å². The van der Waals surface area contributed by atoms with Crippen LogP contribution in [0, 0.1) is 5.82 Å². The van der Waals surface area contributed by atoms with Crippen molar-refractivity contribution in [1.29, 1.82) is 0 Å². The number of carboxylic acid groups (broad SMARTS) is 1. The molecule has 0 saturated carbocycles. The number of halogens is 1. The first-order chi connectivity index (χ1) is 10.0. The fourth-order valence-corrected chi connectivity index (χ4v) is 2.78. The van der Waals surface area contributed by atoms with Gasteiger partial charge in [0.25, 0.3) is 0 Å². The number of ether oxygens (including phenoxy) is 1. The highest BCUT2D eigenvalue weighted by Gasteiger charge is 2.25. The number of hydrogen-bond acceptors (Lipinski definition) is 4. The maximum absolute atomic E-state index is 14.2. The summed E-state index contributed by atoms with van der Waals surface area (Å²) in [7, 11) is 0. The second-order valence-electron chi connectivity index (χ2n) is 5.44. The van der Waals surface area contributed by atoms with Gasteiger partial charge in [-0.3, -0.25) is 0 Å². The first kappa shape index (κ1) is 13.9. The number of benzene rings is 1. The maximum atomic E-state index is 14.2. The molecule has 6 nitrogen and oxygen atoms in total. The van der Waals surface area contributed by atoms with Crippen LogP contribution in [0.15, 0.2) is 12.1 Å². The van der Waals surface area contributed by atoms with Crippen LogP contribution >= 0.6 is 0 Å². The minimum atomic E-state index is -0.913. The SMILES string of the molecule is N[C@@H]1COc2cc(N3CCN(C(=O)O)CC3)cc(F)c2C1. The van der Waals surface area contributed by atoms with E-state index in [4.69, 9.17) is 15.6 Å². The lowest BCUT2D eigenvalue weighted by atomic mass is 10.0. The van der Waals surface area contributed by atoms with Crippen molar-refractivity contribution in [1.82, 2.24) is 4.90 Å². The van der Waals surface area contributed by atoms with Gasteiger partial charge in [0.1, 0.15) is 18.2 Å². The number of rotatable bonds is 1. The molecular weight excluding hydrogens is 277 g/mol. The number of nitrogens with zero attached hydrogens (tertiary/aromatic N) is 2. The molecule has 0 aliphatic carbocycles. The summed E-state index contributed by atoms with van der Waals surface area (Å²) >= 11 is 0. The van der Waals surface area contributed by atoms with Gasteiger partial charge in [-0.15, -0.1) is 0 Å². The smallest absolute Gasteiger partial charge is 0.407 e. The Balaban J connectivity index is 1.78. The normalized spacial score (nSPS) is 21.7. The van der Waals surface area contributed by atoms with E-state index < -0.39 is 6.09 Å². The number of nitrogens with two attached hydrogens (primary N) is 1. The highest BCUT2D eigenvalue weighted by molar-refractivity contribution is 5.65. The largest absolute Gasteiger partial charge is 0.491 e. The summed E-state index contributed by atoms with van der Waals surface area (Å²) in [6.07, 6.45) is -0.433. The van der Waals surface area contributed by atoms with Gasteiger partial charge in [-0.2, -0.15) is 0 Å². The summed E-state index contributed by atoms with van der Waals surface area (Å²) in [6.45, 7) is 2.32. The Bertz CT molecular complexity index is 559. The van der Waals surface area contributed by atoms with Crippen LogP contribution in [0.1, 0.15) is 5.56 Å². The minimum absolute atomic E-state index is 0.169. The van der Waals surface area contributed by atoms with E-state index in [1.54, 1.807) is 0 Å². The zero-order valence-corrected chi connectivity index (χ0v) is 11.6. The van der Waals surface area contributed by atoms with E-state index >= 15 is 0 Å². The summed E-state index contributed by atoms with van der Waals surface area (Å²) in [5, 5.41) is 8.94. The zero-order valence-electron chi connectivity index (χ0n) is 11.6. The van der Waals surface area contributed by atoms with Crippen LogP contribution in [-0.2, 0) is 6.42 Å². The van der Waals surface area contributed by atoms with Gasteiger partial charge >= 0.3 is 6.09 Å². The Morgan fingerprint density at radius 3 is 2.71 bits per heavy atom. The van der Waals surface area contributed by atoms with Gasteiger partial charge in [-0.25, -0.2) is 9.18 Å². The quantitative estimate of drug-likeness (QED) is 0.804. The molecule has 114 valence electrons. The molecule has 1 atom stereocenters. The monoisotopic (exact) mass is 295 g/mol. The number of amides is 1. The van der Waals surface area contributed by atoms with Gasteiger partial charge in [0.2, 0.25) is 0 Å². The van der Waals surface area contributed by atoms with Crippen molar-refractivity contribution in [2.24, 2.45) is 5.73 Å². The van der Waals surface area contributed by atoms with E-state index in [9.17, 15) is 9.18 Å². The molecule has 0 aromatic heterocycles. The average molecular weight is 295 g/mol. The van der Waals surface area contributed by atoms with Crippen LogP contribution in [0.3, 0.4) is 0 Å². The van der Waals surface area contributed by atoms with Crippen molar-refractivity contribution in [2.45, 2.75) is 12.5 Å². The predicted molar refractivity (Wildman–Crippen MR) is 75.4 cm³/mol. The van der Waals surface area contributed by atoms with Gasteiger partial charge in [0, 0.05) is 49.5 Å². The maximum Gasteiger partial charge on any atom is 0.407 e. The first-order valence-electron chi connectivity index (χ1n) is 6.98. The Morgan fingerprint density at radius 1 is 1.33 bits per heavy atom. The topological polar surface area (TPSA) is 79.0 Å². The summed E-state index contributed by atoms with van der Waals surface area (Å²) in [6, 6.07) is 3.13. The van der Waals surface area contributed by atoms with E-state index in [-0.39, 0.29) is 11.9 Å². The number of anilines is 1. The van der Waals surface area contributed by atoms with Crippen LogP contribution in [-0.4, -0.2) is 54.9 Å². The molecule has 1 aromatic carbocycles. The van der Waals surface area contributed by atoms with Crippen molar-refractivity contribution in [3.8, 4) is 5.75 Å². The van der Waals surface area contributed by atoms with Gasteiger partial charge in [-0.1, -0.05) is 0 Å². The average Bonchev–Trinajstić information content (AvgIpc) is 2.48. The third-order valence-electron chi connectivity index (χ3n) is 3.97. The molecule has 1 saturated heterocycles. The number of piperazine rings is 1. The molecule has 2 aliphatic rings. The Labute approximate surface area is 121 Å². The molecule has 7 heteroatoms. The van der Waals surface area contributed by atoms with Crippen LogP contribution in [0.2, 0.25) is 0 Å². The van der Waals surface area contributed by atoms with E-state index in [1.807, 2.05) is 11.0 Å². The van der Waals surface area contributed by atoms with Crippen molar-refractivity contribution < 1.29 is 19.0 Å². The fourth-order valence-electron chi connectivity index (χ4n) is 2.78. The van der Waals surface area contributed by atoms with Crippen LogP contribution in [0.4, 0.5) is 14.9 Å². The molecule has 0 spiro atoms. The standard InChI is InChI=1S/C14H18FN3O3/c15-12-6-10(7-13-11(12)5-9(16)8-21-13)17-1-3-18(4-2-17)14(19)20/h6-7,9H,1-5,8,16H2,(H,19,20)/t9-/m0/s1. The van der Waals surface area contributed by atoms with Gasteiger partial charge in [0.05, 0.1) is 0 Å². The molecule has 21 heavy (non-hydrogen) atoms. The lowest BCUT2D eigenvalue weighted by Crippen LogP contribution is -2.48. The number of hydrogen-bond donors (Lipinski definition) is 2. The van der Waals surface area contributed by atoms with Gasteiger partial charge < -0.3 is 25.4 Å². The lowest BCUT2D eigenvalue weighted by Gasteiger charge is -2.35. The fraction of sp³-hybridized carbons (Fsp3) is 0.500. The summed E-state index contributed by atoms with van der Waals surface area (Å²) in [5.74, 6) is 0.241. The van der Waals surface area contributed by atoms with E-state index in [1.165, 1.54) is 11.0 Å². The Hall–Kier alpha value is -2.02. The summed E-state index contributed by atoms with van der Waals surface area (Å²) in [4.78, 5) is 14.2. The Kier molecular flexibility index (Phi) is 3.59. The van der Waals surface area contributed by atoms with E-state index in [0.29, 0.717) is 50.5 Å². The second kappa shape index (κ2) is 5.40. The molecule has 1 fully saturated rings. The molecule has 3 rings (SSSR count). The van der Waals surface area contributed by atoms with Crippen LogP contribution in [0.5, 0.6) is 5.75 Å². The summed E-state index contributed by atoms with van der Waals surface area (Å²) in [5.41, 5.74) is 7.04. The molecule has 1 amide bonds. The predicted octanol–water partition coefficient (Wildman–Crippen LogP) is 0.888. The molecule has 0 unspecified atom stereocenters. The van der Waals surface area contributed by atoms with Gasteiger partial charge in [-0.05, 0) is 12.5 Å². The molecule has 3 N–H and O–H groups in total. The van der Waals surface area contributed by atoms with Crippen molar-refractivity contribution in [2.75, 3.05) is 37.7 Å². The first-order valence-corrected chi connectivity index (χ1v) is 6.98. The number of carbonyl (C=O) groups is 1. The molecule has 0 radical (unpaired) electrons. The second-order valence-corrected chi connectivity index (χ2v) is 5.44. The van der Waals surface area contributed by atoms with Gasteiger partial charge in [0.15, 0.2) is 0 Å². The molecule has 2 heterocycles. The molecule has 1 aromatic rings. The molecule has 0 bridgehead atoms. The van der Waals surface area contributed by atoms with E-state index in [2.05, 4.69) is 0 Å². The highest BCUT2D eigenvalue weighted by atomic mass is 19.1. The molecular formula is C14H18FN3O3. The van der Waals surface area contributed by atoms with E-state index in [0.717, 1.165) is 5.69 Å². The zero-order chi connectivity index (χ0) is 15.0. The Morgan fingerprint density at radius 2 is 2.05 bits per heavy atom. The van der Waals surface area contributed by atoms with Crippen molar-refractivity contribution in [3.63, 3.8) is 0 Å². The van der Waals surface area contributed by atoms with Crippen molar-refractivity contribution >= 4 is 11.8 Å². The van der Waals surface area contributed by atoms with Crippen molar-refractivity contribution in [3.05, 3.63) is 23.5 Å². The molecule has 2 aliphatic heterocycles. The van der Waals surface area contributed by atoms with Crippen LogP contribution in [0.25, 0.3) is 0 Å². The lowest BCUT2D eigenvalue weighted by molar-refractivity contribution is 0.142. The highest BCUT2D eigenvalue weighted by Crippen LogP contribution is 2.32. The minimum Gasteiger partial charge on any atom is -0.491 e.